The van der Waals surface area contributed by atoms with Gasteiger partial charge >= 0.3 is 0 Å². The Kier molecular flexibility index (Phi) is 5.42. The molecule has 0 fully saturated rings. The lowest BCUT2D eigenvalue weighted by Gasteiger charge is -2.14. The van der Waals surface area contributed by atoms with Crippen molar-refractivity contribution in [3.8, 4) is 11.5 Å². The Balaban J connectivity index is 2.19. The Morgan fingerprint density at radius 3 is 2.76 bits per heavy atom. The van der Waals surface area contributed by atoms with E-state index in [9.17, 15) is 0 Å². The fourth-order valence-electron chi connectivity index (χ4n) is 2.05. The molecule has 0 radical (unpaired) electrons. The predicted octanol–water partition coefficient (Wildman–Crippen LogP) is 3.13. The smallest absolute Gasteiger partial charge is 0.180 e. The Labute approximate surface area is 129 Å². The van der Waals surface area contributed by atoms with Gasteiger partial charge in [-0.25, -0.2) is 0 Å². The second-order valence-electron chi connectivity index (χ2n) is 4.71. The van der Waals surface area contributed by atoms with Crippen LogP contribution in [0.4, 0.5) is 0 Å². The first-order valence-electron chi connectivity index (χ1n) is 6.76. The zero-order chi connectivity index (χ0) is 15.2. The molecule has 2 N–H and O–H groups in total. The minimum absolute atomic E-state index is 0.341. The van der Waals surface area contributed by atoms with E-state index in [0.29, 0.717) is 29.7 Å². The van der Waals surface area contributed by atoms with Crippen LogP contribution in [0.25, 0.3) is 0 Å². The summed E-state index contributed by atoms with van der Waals surface area (Å²) in [7, 11) is 1.59. The number of nitrogens with two attached hydrogens (primary N) is 1. The zero-order valence-corrected chi connectivity index (χ0v) is 13.0. The minimum atomic E-state index is 0.341. The summed E-state index contributed by atoms with van der Waals surface area (Å²) in [6.45, 7) is 2.85. The summed E-state index contributed by atoms with van der Waals surface area (Å²) < 4.78 is 11.1. The van der Waals surface area contributed by atoms with Gasteiger partial charge in [0.15, 0.2) is 11.5 Å². The maximum absolute atomic E-state index is 6.28. The number of aromatic nitrogens is 1. The number of ether oxygens (including phenoxy) is 2. The van der Waals surface area contributed by atoms with Gasteiger partial charge in [-0.3, -0.25) is 4.98 Å². The van der Waals surface area contributed by atoms with Gasteiger partial charge in [-0.1, -0.05) is 17.7 Å². The van der Waals surface area contributed by atoms with Crippen LogP contribution in [0.3, 0.4) is 0 Å². The quantitative estimate of drug-likeness (QED) is 0.891. The summed E-state index contributed by atoms with van der Waals surface area (Å²) in [5.74, 6) is 1.14. The lowest BCUT2D eigenvalue weighted by molar-refractivity contribution is 0.280. The van der Waals surface area contributed by atoms with Crippen molar-refractivity contribution in [2.24, 2.45) is 5.73 Å². The van der Waals surface area contributed by atoms with Crippen LogP contribution in [0.1, 0.15) is 17.0 Å². The molecule has 0 aliphatic rings. The number of nitrogens with zero attached hydrogens (tertiary/aromatic N) is 1. The highest BCUT2D eigenvalue weighted by molar-refractivity contribution is 6.32. The summed E-state index contributed by atoms with van der Waals surface area (Å²) >= 11 is 6.28. The number of benzene rings is 1. The molecule has 0 atom stereocenters. The third kappa shape index (κ3) is 4.09. The van der Waals surface area contributed by atoms with E-state index in [2.05, 4.69) is 4.98 Å². The maximum atomic E-state index is 6.28. The molecule has 0 amide bonds. The molecule has 0 aliphatic heterocycles. The largest absolute Gasteiger partial charge is 0.493 e. The SMILES string of the molecule is COc1cc(CCN)cc(Cl)c1OCc1cccc(C)n1. The third-order valence-corrected chi connectivity index (χ3v) is 3.31. The lowest BCUT2D eigenvalue weighted by atomic mass is 10.1. The van der Waals surface area contributed by atoms with E-state index in [1.807, 2.05) is 37.3 Å². The Morgan fingerprint density at radius 1 is 1.29 bits per heavy atom. The molecular weight excluding hydrogens is 288 g/mol. The molecule has 0 spiro atoms. The van der Waals surface area contributed by atoms with Gasteiger partial charge in [-0.05, 0) is 49.7 Å². The van der Waals surface area contributed by atoms with Crippen molar-refractivity contribution in [3.63, 3.8) is 0 Å². The highest BCUT2D eigenvalue weighted by Gasteiger charge is 2.12. The molecule has 4 nitrogen and oxygen atoms in total. The van der Waals surface area contributed by atoms with Crippen LogP contribution in [0, 0.1) is 6.92 Å². The summed E-state index contributed by atoms with van der Waals surface area (Å²) in [6.07, 6.45) is 0.746. The number of halogens is 1. The Morgan fingerprint density at radius 2 is 2.10 bits per heavy atom. The summed E-state index contributed by atoms with van der Waals surface area (Å²) in [5, 5.41) is 0.519. The van der Waals surface area contributed by atoms with Gasteiger partial charge in [0.25, 0.3) is 0 Å². The van der Waals surface area contributed by atoms with E-state index in [4.69, 9.17) is 26.8 Å². The van der Waals surface area contributed by atoms with Crippen LogP contribution >= 0.6 is 11.6 Å². The average molecular weight is 307 g/mol. The van der Waals surface area contributed by atoms with Crippen molar-refractivity contribution < 1.29 is 9.47 Å². The van der Waals surface area contributed by atoms with Gasteiger partial charge in [0.05, 0.1) is 17.8 Å². The molecule has 0 saturated heterocycles. The van der Waals surface area contributed by atoms with Gasteiger partial charge in [0.2, 0.25) is 0 Å². The van der Waals surface area contributed by atoms with Crippen LogP contribution in [-0.4, -0.2) is 18.6 Å². The molecule has 5 heteroatoms. The zero-order valence-electron chi connectivity index (χ0n) is 12.2. The van der Waals surface area contributed by atoms with Crippen molar-refractivity contribution in [1.82, 2.24) is 4.98 Å². The average Bonchev–Trinajstić information content (AvgIpc) is 2.46. The molecule has 112 valence electrons. The van der Waals surface area contributed by atoms with E-state index in [-0.39, 0.29) is 0 Å². The van der Waals surface area contributed by atoms with Crippen LogP contribution in [0.2, 0.25) is 5.02 Å². The van der Waals surface area contributed by atoms with E-state index in [0.717, 1.165) is 23.4 Å². The molecule has 2 rings (SSSR count). The van der Waals surface area contributed by atoms with Gasteiger partial charge in [-0.2, -0.15) is 0 Å². The molecule has 2 aromatic rings. The van der Waals surface area contributed by atoms with Crippen molar-refractivity contribution >= 4 is 11.6 Å². The Bertz CT molecular complexity index is 617. The topological polar surface area (TPSA) is 57.4 Å². The van der Waals surface area contributed by atoms with E-state index in [1.54, 1.807) is 7.11 Å². The highest BCUT2D eigenvalue weighted by Crippen LogP contribution is 2.37. The van der Waals surface area contributed by atoms with Crippen LogP contribution < -0.4 is 15.2 Å². The number of hydrogen-bond acceptors (Lipinski definition) is 4. The Hall–Kier alpha value is -1.78. The standard InChI is InChI=1S/C16H19ClN2O2/c1-11-4-3-5-13(19-11)10-21-16-14(17)8-12(6-7-18)9-15(16)20-2/h3-5,8-9H,6-7,10,18H2,1-2H3. The number of methoxy groups -OCH3 is 1. The normalized spacial score (nSPS) is 10.5. The van der Waals surface area contributed by atoms with Crippen molar-refractivity contribution in [3.05, 3.63) is 52.3 Å². The summed E-state index contributed by atoms with van der Waals surface area (Å²) in [5.41, 5.74) is 8.39. The van der Waals surface area contributed by atoms with E-state index < -0.39 is 0 Å². The molecule has 1 aromatic carbocycles. The van der Waals surface area contributed by atoms with Gasteiger partial charge < -0.3 is 15.2 Å². The van der Waals surface area contributed by atoms with Gasteiger partial charge in [0.1, 0.15) is 6.61 Å². The first-order valence-corrected chi connectivity index (χ1v) is 7.13. The number of rotatable bonds is 6. The first-order chi connectivity index (χ1) is 10.1. The van der Waals surface area contributed by atoms with Crippen LogP contribution in [0.15, 0.2) is 30.3 Å². The molecule has 1 aromatic heterocycles. The third-order valence-electron chi connectivity index (χ3n) is 3.03. The molecular formula is C16H19ClN2O2. The molecule has 1 heterocycles. The van der Waals surface area contributed by atoms with Gasteiger partial charge in [0, 0.05) is 5.69 Å². The minimum Gasteiger partial charge on any atom is -0.493 e. The fourth-order valence-corrected chi connectivity index (χ4v) is 2.34. The molecule has 0 unspecified atom stereocenters. The highest BCUT2D eigenvalue weighted by atomic mass is 35.5. The molecule has 0 aliphatic carbocycles. The molecule has 0 bridgehead atoms. The number of hydrogen-bond donors (Lipinski definition) is 1. The monoisotopic (exact) mass is 306 g/mol. The van der Waals surface area contributed by atoms with E-state index >= 15 is 0 Å². The summed E-state index contributed by atoms with van der Waals surface area (Å²) in [4.78, 5) is 4.39. The summed E-state index contributed by atoms with van der Waals surface area (Å²) in [6, 6.07) is 9.56. The first kappa shape index (κ1) is 15.6. The second kappa shape index (κ2) is 7.29. The van der Waals surface area contributed by atoms with Crippen molar-refractivity contribution in [2.45, 2.75) is 20.0 Å². The fraction of sp³-hybridized carbons (Fsp3) is 0.312. The van der Waals surface area contributed by atoms with E-state index in [1.165, 1.54) is 0 Å². The molecule has 0 saturated carbocycles. The van der Waals surface area contributed by atoms with Crippen LogP contribution in [0.5, 0.6) is 11.5 Å². The van der Waals surface area contributed by atoms with Crippen molar-refractivity contribution in [2.75, 3.05) is 13.7 Å². The van der Waals surface area contributed by atoms with Gasteiger partial charge in [-0.15, -0.1) is 0 Å². The lowest BCUT2D eigenvalue weighted by Crippen LogP contribution is -2.05. The maximum Gasteiger partial charge on any atom is 0.180 e. The van der Waals surface area contributed by atoms with Crippen molar-refractivity contribution in [1.29, 1.82) is 0 Å². The molecule has 21 heavy (non-hydrogen) atoms. The second-order valence-corrected chi connectivity index (χ2v) is 5.11. The predicted molar refractivity (Wildman–Crippen MR) is 84.1 cm³/mol. The number of aryl methyl sites for hydroxylation is 1. The van der Waals surface area contributed by atoms with Crippen LogP contribution in [-0.2, 0) is 13.0 Å². The number of pyridine rings is 1.